The Balaban J connectivity index is 3.00. The lowest BCUT2D eigenvalue weighted by Gasteiger charge is -2.08. The number of hydrogen-bond donors (Lipinski definition) is 2. The summed E-state index contributed by atoms with van der Waals surface area (Å²) in [4.78, 5) is 21.7. The monoisotopic (exact) mass is 239 g/mol. The number of carbonyl (C=O) groups is 1. The van der Waals surface area contributed by atoms with Crippen LogP contribution in [0.4, 0.5) is 5.69 Å². The van der Waals surface area contributed by atoms with E-state index in [0.29, 0.717) is 13.1 Å². The zero-order chi connectivity index (χ0) is 12.8. The van der Waals surface area contributed by atoms with Gasteiger partial charge in [0, 0.05) is 19.2 Å². The van der Waals surface area contributed by atoms with Crippen molar-refractivity contribution in [1.29, 1.82) is 0 Å². The van der Waals surface area contributed by atoms with Crippen molar-refractivity contribution >= 4 is 11.6 Å². The Hall–Kier alpha value is -2.15. The maximum absolute atomic E-state index is 11.6. The van der Waals surface area contributed by atoms with Crippen molar-refractivity contribution in [2.45, 2.75) is 0 Å². The number of methoxy groups -OCH3 is 1. The third kappa shape index (κ3) is 3.15. The number of nitrogens with zero attached hydrogens (tertiary/aromatic N) is 1. The van der Waals surface area contributed by atoms with Crippen LogP contribution in [0.2, 0.25) is 0 Å². The van der Waals surface area contributed by atoms with Crippen molar-refractivity contribution in [3.05, 3.63) is 33.9 Å². The van der Waals surface area contributed by atoms with Crippen molar-refractivity contribution in [2.75, 3.05) is 20.2 Å². The van der Waals surface area contributed by atoms with Crippen molar-refractivity contribution in [3.63, 3.8) is 0 Å². The molecule has 1 rings (SSSR count). The maximum Gasteiger partial charge on any atom is 0.273 e. The van der Waals surface area contributed by atoms with E-state index in [9.17, 15) is 14.9 Å². The zero-order valence-electron chi connectivity index (χ0n) is 9.30. The number of nitrogens with one attached hydrogen (secondary N) is 1. The number of amides is 1. The highest BCUT2D eigenvalue weighted by molar-refractivity contribution is 5.97. The van der Waals surface area contributed by atoms with Gasteiger partial charge in [-0.1, -0.05) is 0 Å². The van der Waals surface area contributed by atoms with Crippen LogP contribution in [0.3, 0.4) is 0 Å². The van der Waals surface area contributed by atoms with Crippen LogP contribution < -0.4 is 15.8 Å². The van der Waals surface area contributed by atoms with Gasteiger partial charge in [-0.05, 0) is 6.07 Å². The van der Waals surface area contributed by atoms with Gasteiger partial charge in [0.2, 0.25) is 0 Å². The van der Waals surface area contributed by atoms with Crippen LogP contribution in [-0.2, 0) is 0 Å². The Kier molecular flexibility index (Phi) is 4.41. The lowest BCUT2D eigenvalue weighted by Crippen LogP contribution is -2.29. The smallest absolute Gasteiger partial charge is 0.273 e. The number of nitro groups is 1. The summed E-state index contributed by atoms with van der Waals surface area (Å²) in [6, 6.07) is 3.81. The largest absolute Gasteiger partial charge is 0.496 e. The molecule has 0 heterocycles. The summed E-state index contributed by atoms with van der Waals surface area (Å²) < 4.78 is 4.94. The second-order valence-electron chi connectivity index (χ2n) is 3.19. The minimum Gasteiger partial charge on any atom is -0.496 e. The summed E-state index contributed by atoms with van der Waals surface area (Å²) in [5.41, 5.74) is 5.37. The van der Waals surface area contributed by atoms with Gasteiger partial charge in [-0.25, -0.2) is 0 Å². The number of rotatable bonds is 5. The first-order valence-corrected chi connectivity index (χ1v) is 4.91. The number of carbonyl (C=O) groups excluding carboxylic acids is 1. The van der Waals surface area contributed by atoms with Crippen LogP contribution in [0.15, 0.2) is 18.2 Å². The molecular weight excluding hydrogens is 226 g/mol. The average Bonchev–Trinajstić information content (AvgIpc) is 2.34. The molecule has 1 aromatic carbocycles. The van der Waals surface area contributed by atoms with Crippen molar-refractivity contribution < 1.29 is 14.5 Å². The van der Waals surface area contributed by atoms with E-state index in [0.717, 1.165) is 0 Å². The van der Waals surface area contributed by atoms with Crippen LogP contribution in [0.1, 0.15) is 10.4 Å². The first kappa shape index (κ1) is 12.9. The van der Waals surface area contributed by atoms with Gasteiger partial charge >= 0.3 is 0 Å². The minimum absolute atomic E-state index is 0.128. The summed E-state index contributed by atoms with van der Waals surface area (Å²) in [5, 5.41) is 13.1. The Labute approximate surface area is 97.7 Å². The van der Waals surface area contributed by atoms with E-state index < -0.39 is 4.92 Å². The predicted octanol–water partition coefficient (Wildman–Crippen LogP) is 0.292. The van der Waals surface area contributed by atoms with E-state index in [-0.39, 0.29) is 22.9 Å². The molecule has 0 atom stereocenters. The lowest BCUT2D eigenvalue weighted by molar-refractivity contribution is -0.384. The second kappa shape index (κ2) is 5.80. The molecule has 0 aromatic heterocycles. The van der Waals surface area contributed by atoms with Gasteiger partial charge in [-0.15, -0.1) is 0 Å². The standard InChI is InChI=1S/C10H13N3O4/c1-17-9-6-7(13(15)16)2-3-8(9)10(14)12-5-4-11/h2-3,6H,4-5,11H2,1H3,(H,12,14). The summed E-state index contributed by atoms with van der Waals surface area (Å²) >= 11 is 0. The van der Waals surface area contributed by atoms with Gasteiger partial charge in [0.25, 0.3) is 11.6 Å². The van der Waals surface area contributed by atoms with E-state index in [1.54, 1.807) is 0 Å². The fraction of sp³-hybridized carbons (Fsp3) is 0.300. The first-order chi connectivity index (χ1) is 8.10. The molecule has 0 aliphatic carbocycles. The number of non-ortho nitro benzene ring substituents is 1. The number of nitro benzene ring substituents is 1. The third-order valence-corrected chi connectivity index (χ3v) is 2.07. The number of nitrogens with two attached hydrogens (primary N) is 1. The third-order valence-electron chi connectivity index (χ3n) is 2.07. The summed E-state index contributed by atoms with van der Waals surface area (Å²) in [7, 11) is 1.35. The molecule has 7 nitrogen and oxygen atoms in total. The van der Waals surface area contributed by atoms with Crippen molar-refractivity contribution in [3.8, 4) is 5.75 Å². The van der Waals surface area contributed by atoms with Gasteiger partial charge < -0.3 is 15.8 Å². The van der Waals surface area contributed by atoms with Crippen LogP contribution >= 0.6 is 0 Å². The second-order valence-corrected chi connectivity index (χ2v) is 3.19. The lowest BCUT2D eigenvalue weighted by atomic mass is 10.1. The number of ether oxygens (including phenoxy) is 1. The van der Waals surface area contributed by atoms with E-state index in [1.807, 2.05) is 0 Å². The molecule has 17 heavy (non-hydrogen) atoms. The fourth-order valence-electron chi connectivity index (χ4n) is 1.26. The molecule has 1 aromatic rings. The van der Waals surface area contributed by atoms with Gasteiger partial charge in [0.1, 0.15) is 5.75 Å². The van der Waals surface area contributed by atoms with E-state index in [2.05, 4.69) is 5.32 Å². The topological polar surface area (TPSA) is 107 Å². The zero-order valence-corrected chi connectivity index (χ0v) is 9.30. The highest BCUT2D eigenvalue weighted by Crippen LogP contribution is 2.24. The van der Waals surface area contributed by atoms with E-state index >= 15 is 0 Å². The molecule has 0 unspecified atom stereocenters. The molecule has 0 fully saturated rings. The Bertz CT molecular complexity index is 434. The summed E-state index contributed by atoms with van der Waals surface area (Å²) in [6.07, 6.45) is 0. The van der Waals surface area contributed by atoms with Gasteiger partial charge in [-0.2, -0.15) is 0 Å². The number of benzene rings is 1. The van der Waals surface area contributed by atoms with Gasteiger partial charge in [-0.3, -0.25) is 14.9 Å². The minimum atomic E-state index is -0.552. The molecule has 0 saturated heterocycles. The highest BCUT2D eigenvalue weighted by Gasteiger charge is 2.16. The molecule has 0 bridgehead atoms. The molecule has 7 heteroatoms. The quantitative estimate of drug-likeness (QED) is 0.567. The van der Waals surface area contributed by atoms with Crippen LogP contribution in [-0.4, -0.2) is 31.0 Å². The SMILES string of the molecule is COc1cc([N+](=O)[O-])ccc1C(=O)NCCN. The van der Waals surface area contributed by atoms with E-state index in [4.69, 9.17) is 10.5 Å². The van der Waals surface area contributed by atoms with Crippen molar-refractivity contribution in [2.24, 2.45) is 5.73 Å². The first-order valence-electron chi connectivity index (χ1n) is 4.91. The number of hydrogen-bond acceptors (Lipinski definition) is 5. The van der Waals surface area contributed by atoms with Crippen LogP contribution in [0.5, 0.6) is 5.75 Å². The van der Waals surface area contributed by atoms with Crippen LogP contribution in [0.25, 0.3) is 0 Å². The molecule has 0 saturated carbocycles. The van der Waals surface area contributed by atoms with Crippen molar-refractivity contribution in [1.82, 2.24) is 5.32 Å². The fourth-order valence-corrected chi connectivity index (χ4v) is 1.26. The summed E-state index contributed by atoms with van der Waals surface area (Å²) in [6.45, 7) is 0.653. The normalized spacial score (nSPS) is 9.76. The average molecular weight is 239 g/mol. The van der Waals surface area contributed by atoms with Gasteiger partial charge in [0.15, 0.2) is 0 Å². The molecule has 0 radical (unpaired) electrons. The van der Waals surface area contributed by atoms with Crippen LogP contribution in [0, 0.1) is 10.1 Å². The van der Waals surface area contributed by atoms with E-state index in [1.165, 1.54) is 25.3 Å². The highest BCUT2D eigenvalue weighted by atomic mass is 16.6. The summed E-state index contributed by atoms with van der Waals surface area (Å²) in [5.74, 6) is -0.212. The molecule has 0 aliphatic heterocycles. The molecule has 0 spiro atoms. The Morgan fingerprint density at radius 3 is 2.82 bits per heavy atom. The Morgan fingerprint density at radius 1 is 1.59 bits per heavy atom. The predicted molar refractivity (Wildman–Crippen MR) is 61.0 cm³/mol. The molecular formula is C10H13N3O4. The molecule has 92 valence electrons. The van der Waals surface area contributed by atoms with Gasteiger partial charge in [0.05, 0.1) is 23.7 Å². The molecule has 1 amide bonds. The maximum atomic E-state index is 11.6. The molecule has 3 N–H and O–H groups in total. The Morgan fingerprint density at radius 2 is 2.29 bits per heavy atom. The molecule has 0 aliphatic rings.